The van der Waals surface area contributed by atoms with Gasteiger partial charge in [0.25, 0.3) is 10.0 Å². The van der Waals surface area contributed by atoms with E-state index in [1.165, 1.54) is 22.7 Å². The van der Waals surface area contributed by atoms with E-state index in [1.807, 2.05) is 0 Å². The lowest BCUT2D eigenvalue weighted by Gasteiger charge is -2.14. The fraction of sp³-hybridized carbons (Fsp3) is 0.300. The Hall–Kier alpha value is -1.22. The van der Waals surface area contributed by atoms with Gasteiger partial charge in [0.1, 0.15) is 10.0 Å². The lowest BCUT2D eigenvalue weighted by atomic mass is 10.5. The van der Waals surface area contributed by atoms with Gasteiger partial charge in [-0.15, -0.1) is 11.3 Å². The summed E-state index contributed by atoms with van der Waals surface area (Å²) in [6.45, 7) is 0.563. The Morgan fingerprint density at radius 2 is 2.28 bits per heavy atom. The monoisotopic (exact) mass is 286 g/mol. The predicted octanol–water partition coefficient (Wildman–Crippen LogP) is 0.751. The SMILES string of the molecule is CN(Cc1ncc[nH]1)S(=O)(=O)c1ccc(CN)s1. The Morgan fingerprint density at radius 3 is 2.83 bits per heavy atom. The quantitative estimate of drug-likeness (QED) is 0.848. The van der Waals surface area contributed by atoms with E-state index < -0.39 is 10.0 Å². The van der Waals surface area contributed by atoms with Crippen LogP contribution in [-0.4, -0.2) is 29.7 Å². The molecule has 6 nitrogen and oxygen atoms in total. The van der Waals surface area contributed by atoms with Crippen LogP contribution in [0.5, 0.6) is 0 Å². The minimum absolute atomic E-state index is 0.213. The van der Waals surface area contributed by atoms with Crippen molar-refractivity contribution in [1.82, 2.24) is 14.3 Å². The van der Waals surface area contributed by atoms with Crippen molar-refractivity contribution in [2.75, 3.05) is 7.05 Å². The molecule has 0 fully saturated rings. The number of hydrogen-bond donors (Lipinski definition) is 2. The molecule has 2 aromatic rings. The summed E-state index contributed by atoms with van der Waals surface area (Å²) < 4.78 is 26.0. The highest BCUT2D eigenvalue weighted by atomic mass is 32.2. The average Bonchev–Trinajstić information content (AvgIpc) is 2.99. The number of rotatable bonds is 5. The lowest BCUT2D eigenvalue weighted by molar-refractivity contribution is 0.460. The van der Waals surface area contributed by atoms with Gasteiger partial charge in [-0.2, -0.15) is 4.31 Å². The van der Waals surface area contributed by atoms with Crippen molar-refractivity contribution >= 4 is 21.4 Å². The minimum Gasteiger partial charge on any atom is -0.347 e. The molecule has 0 saturated carbocycles. The molecule has 0 saturated heterocycles. The first-order chi connectivity index (χ1) is 8.54. The largest absolute Gasteiger partial charge is 0.347 e. The van der Waals surface area contributed by atoms with E-state index in [0.29, 0.717) is 16.6 Å². The Balaban J connectivity index is 2.19. The molecule has 2 rings (SSSR count). The summed E-state index contributed by atoms with van der Waals surface area (Å²) in [4.78, 5) is 7.73. The van der Waals surface area contributed by atoms with Crippen molar-refractivity contribution < 1.29 is 8.42 Å². The fourth-order valence-electron chi connectivity index (χ4n) is 1.44. The van der Waals surface area contributed by atoms with E-state index in [0.717, 1.165) is 4.88 Å². The van der Waals surface area contributed by atoms with Gasteiger partial charge in [-0.1, -0.05) is 0 Å². The second kappa shape index (κ2) is 5.19. The normalized spacial score (nSPS) is 12.2. The lowest BCUT2D eigenvalue weighted by Crippen LogP contribution is -2.26. The van der Waals surface area contributed by atoms with Gasteiger partial charge in [0.05, 0.1) is 6.54 Å². The third-order valence-electron chi connectivity index (χ3n) is 2.43. The third kappa shape index (κ3) is 2.61. The Kier molecular flexibility index (Phi) is 3.81. The number of H-pyrrole nitrogens is 1. The molecule has 18 heavy (non-hydrogen) atoms. The molecular formula is C10H14N4O2S2. The zero-order chi connectivity index (χ0) is 13.2. The van der Waals surface area contributed by atoms with Crippen molar-refractivity contribution in [1.29, 1.82) is 0 Å². The molecule has 0 bridgehead atoms. The highest BCUT2D eigenvalue weighted by Gasteiger charge is 2.23. The van der Waals surface area contributed by atoms with Crippen molar-refractivity contribution in [3.8, 4) is 0 Å². The molecule has 8 heteroatoms. The molecule has 2 aromatic heterocycles. The molecule has 2 heterocycles. The molecule has 0 atom stereocenters. The average molecular weight is 286 g/mol. The van der Waals surface area contributed by atoms with E-state index in [4.69, 9.17) is 5.73 Å². The third-order valence-corrected chi connectivity index (χ3v) is 5.81. The van der Waals surface area contributed by atoms with Gasteiger partial charge >= 0.3 is 0 Å². The topological polar surface area (TPSA) is 92.1 Å². The summed E-state index contributed by atoms with van der Waals surface area (Å²) in [5.41, 5.74) is 5.48. The van der Waals surface area contributed by atoms with E-state index in [9.17, 15) is 8.42 Å². The molecule has 0 unspecified atom stereocenters. The summed E-state index contributed by atoms with van der Waals surface area (Å²) in [7, 11) is -1.94. The molecule has 0 spiro atoms. The minimum atomic E-state index is -3.47. The fourth-order valence-corrected chi connectivity index (χ4v) is 4.02. The van der Waals surface area contributed by atoms with E-state index in [-0.39, 0.29) is 6.54 Å². The van der Waals surface area contributed by atoms with Crippen LogP contribution < -0.4 is 5.73 Å². The predicted molar refractivity (Wildman–Crippen MR) is 69.5 cm³/mol. The molecule has 0 amide bonds. The Labute approximate surface area is 110 Å². The first-order valence-electron chi connectivity index (χ1n) is 5.27. The van der Waals surface area contributed by atoms with Crippen LogP contribution in [0.3, 0.4) is 0 Å². The van der Waals surface area contributed by atoms with Crippen LogP contribution in [0, 0.1) is 0 Å². The number of nitrogens with zero attached hydrogens (tertiary/aromatic N) is 2. The maximum Gasteiger partial charge on any atom is 0.252 e. The van der Waals surface area contributed by atoms with Crippen LogP contribution in [0.15, 0.2) is 28.7 Å². The van der Waals surface area contributed by atoms with Gasteiger partial charge in [-0.3, -0.25) is 0 Å². The smallest absolute Gasteiger partial charge is 0.252 e. The number of imidazole rings is 1. The molecule has 0 radical (unpaired) electrons. The summed E-state index contributed by atoms with van der Waals surface area (Å²) in [6, 6.07) is 3.32. The van der Waals surface area contributed by atoms with Gasteiger partial charge in [-0.05, 0) is 12.1 Å². The molecule has 0 aliphatic heterocycles. The van der Waals surface area contributed by atoms with Gasteiger partial charge in [0.2, 0.25) is 0 Å². The summed E-state index contributed by atoms with van der Waals surface area (Å²) in [6.07, 6.45) is 3.25. The number of thiophene rings is 1. The first-order valence-corrected chi connectivity index (χ1v) is 7.53. The summed E-state index contributed by atoms with van der Waals surface area (Å²) >= 11 is 1.20. The highest BCUT2D eigenvalue weighted by molar-refractivity contribution is 7.91. The second-order valence-corrected chi connectivity index (χ2v) is 7.16. The standard InChI is InChI=1S/C10H14N4O2S2/c1-14(7-9-12-4-5-13-9)18(15,16)10-3-2-8(6-11)17-10/h2-5H,6-7,11H2,1H3,(H,12,13). The maximum absolute atomic E-state index is 12.2. The molecule has 0 aromatic carbocycles. The highest BCUT2D eigenvalue weighted by Crippen LogP contribution is 2.24. The zero-order valence-electron chi connectivity index (χ0n) is 9.83. The van der Waals surface area contributed by atoms with Crippen molar-refractivity contribution in [3.05, 3.63) is 35.2 Å². The number of hydrogen-bond acceptors (Lipinski definition) is 5. The second-order valence-electron chi connectivity index (χ2n) is 3.72. The molecule has 0 aliphatic carbocycles. The van der Waals surface area contributed by atoms with Gasteiger partial charge in [0, 0.05) is 30.9 Å². The molecule has 0 aliphatic rings. The summed E-state index contributed by atoms with van der Waals surface area (Å²) in [5, 5.41) is 0. The maximum atomic E-state index is 12.2. The van der Waals surface area contributed by atoms with Crippen LogP contribution in [0.4, 0.5) is 0 Å². The van der Waals surface area contributed by atoms with Crippen LogP contribution in [0.1, 0.15) is 10.7 Å². The molecule has 3 N–H and O–H groups in total. The van der Waals surface area contributed by atoms with Gasteiger partial charge in [0.15, 0.2) is 0 Å². The molecular weight excluding hydrogens is 272 g/mol. The number of aromatic amines is 1. The van der Waals surface area contributed by atoms with E-state index in [1.54, 1.807) is 24.5 Å². The van der Waals surface area contributed by atoms with Crippen molar-refractivity contribution in [3.63, 3.8) is 0 Å². The van der Waals surface area contributed by atoms with Crippen molar-refractivity contribution in [2.45, 2.75) is 17.3 Å². The number of sulfonamides is 1. The van der Waals surface area contributed by atoms with E-state index in [2.05, 4.69) is 9.97 Å². The number of nitrogens with two attached hydrogens (primary N) is 1. The Morgan fingerprint density at radius 1 is 1.50 bits per heavy atom. The van der Waals surface area contributed by atoms with Gasteiger partial charge < -0.3 is 10.7 Å². The van der Waals surface area contributed by atoms with Crippen molar-refractivity contribution in [2.24, 2.45) is 5.73 Å². The molecule has 98 valence electrons. The van der Waals surface area contributed by atoms with Crippen LogP contribution in [0.2, 0.25) is 0 Å². The zero-order valence-corrected chi connectivity index (χ0v) is 11.5. The Bertz CT molecular complexity index is 604. The first kappa shape index (κ1) is 13.2. The van der Waals surface area contributed by atoms with Crippen LogP contribution in [0.25, 0.3) is 0 Å². The van der Waals surface area contributed by atoms with Crippen LogP contribution in [-0.2, 0) is 23.1 Å². The number of aromatic nitrogens is 2. The van der Waals surface area contributed by atoms with Crippen LogP contribution >= 0.6 is 11.3 Å². The number of nitrogens with one attached hydrogen (secondary N) is 1. The summed E-state index contributed by atoms with van der Waals surface area (Å²) in [5.74, 6) is 0.608. The van der Waals surface area contributed by atoms with Gasteiger partial charge in [-0.25, -0.2) is 13.4 Å². The van der Waals surface area contributed by atoms with E-state index >= 15 is 0 Å².